The lowest BCUT2D eigenvalue weighted by molar-refractivity contribution is -0.160. The van der Waals surface area contributed by atoms with E-state index in [1.807, 2.05) is 0 Å². The molecule has 0 radical (unpaired) electrons. The number of nitrogens with one attached hydrogen (secondary N) is 1. The molecule has 1 N–H and O–H groups in total. The van der Waals surface area contributed by atoms with Gasteiger partial charge in [0.25, 0.3) is 5.91 Å². The van der Waals surface area contributed by atoms with Crippen molar-refractivity contribution in [2.24, 2.45) is 0 Å². The average molecular weight is 157 g/mol. The molecule has 0 aromatic heterocycles. The molecule has 1 heterocycles. The van der Waals surface area contributed by atoms with Crippen LogP contribution >= 0.6 is 0 Å². The van der Waals surface area contributed by atoms with Gasteiger partial charge in [-0.05, 0) is 12.8 Å². The molecular weight excluding hydrogens is 146 g/mol. The van der Waals surface area contributed by atoms with Crippen LogP contribution in [0, 0.1) is 0 Å². The number of esters is 1. The molecule has 0 saturated carbocycles. The maximum Gasteiger partial charge on any atom is 0.306 e. The van der Waals surface area contributed by atoms with Crippen molar-refractivity contribution in [3.8, 4) is 0 Å². The number of rotatable bonds is 1. The van der Waals surface area contributed by atoms with E-state index in [2.05, 4.69) is 5.32 Å². The Morgan fingerprint density at radius 3 is 3.00 bits per heavy atom. The summed E-state index contributed by atoms with van der Waals surface area (Å²) < 4.78 is 4.79. The largest absolute Gasteiger partial charge is 0.452 e. The number of carbonyl (C=O) groups is 2. The molecule has 1 fully saturated rings. The Bertz CT molecular complexity index is 179. The molecule has 1 rings (SSSR count). The summed E-state index contributed by atoms with van der Waals surface area (Å²) in [6, 6.07) is 0. The predicted octanol–water partition coefficient (Wildman–Crippen LogP) is -0.172. The van der Waals surface area contributed by atoms with Crippen molar-refractivity contribution in [3.05, 3.63) is 0 Å². The van der Waals surface area contributed by atoms with Crippen molar-refractivity contribution in [1.82, 2.24) is 5.32 Å². The first-order chi connectivity index (χ1) is 5.24. The first kappa shape index (κ1) is 8.04. The van der Waals surface area contributed by atoms with Gasteiger partial charge in [-0.2, -0.15) is 0 Å². The van der Waals surface area contributed by atoms with Crippen molar-refractivity contribution >= 4 is 11.9 Å². The van der Waals surface area contributed by atoms with Crippen molar-refractivity contribution in [1.29, 1.82) is 0 Å². The Hall–Kier alpha value is -1.06. The van der Waals surface area contributed by atoms with Gasteiger partial charge >= 0.3 is 5.97 Å². The van der Waals surface area contributed by atoms with Gasteiger partial charge in [0, 0.05) is 13.5 Å². The molecule has 1 aliphatic rings. The van der Waals surface area contributed by atoms with E-state index in [-0.39, 0.29) is 11.9 Å². The average Bonchev–Trinajstić information content (AvgIpc) is 2.03. The van der Waals surface area contributed by atoms with Crippen LogP contribution in [0.4, 0.5) is 0 Å². The Balaban J connectivity index is 2.45. The van der Waals surface area contributed by atoms with Gasteiger partial charge in [-0.1, -0.05) is 0 Å². The molecule has 1 atom stereocenters. The fourth-order valence-electron chi connectivity index (χ4n) is 1.05. The van der Waals surface area contributed by atoms with E-state index < -0.39 is 6.10 Å². The van der Waals surface area contributed by atoms with Crippen LogP contribution in [-0.2, 0) is 14.3 Å². The zero-order valence-electron chi connectivity index (χ0n) is 6.42. The van der Waals surface area contributed by atoms with Gasteiger partial charge in [-0.15, -0.1) is 0 Å². The van der Waals surface area contributed by atoms with Crippen LogP contribution in [0.25, 0.3) is 0 Å². The van der Waals surface area contributed by atoms with E-state index >= 15 is 0 Å². The second kappa shape index (κ2) is 3.37. The second-order valence-electron chi connectivity index (χ2n) is 2.48. The molecule has 0 aliphatic carbocycles. The van der Waals surface area contributed by atoms with Gasteiger partial charge < -0.3 is 10.1 Å². The predicted molar refractivity (Wildman–Crippen MR) is 37.8 cm³/mol. The summed E-state index contributed by atoms with van der Waals surface area (Å²) in [5.74, 6) is -0.483. The quantitative estimate of drug-likeness (QED) is 0.537. The highest BCUT2D eigenvalue weighted by molar-refractivity contribution is 5.84. The van der Waals surface area contributed by atoms with Crippen LogP contribution in [0.1, 0.15) is 19.3 Å². The highest BCUT2D eigenvalue weighted by Gasteiger charge is 2.25. The lowest BCUT2D eigenvalue weighted by Crippen LogP contribution is -2.37. The standard InChI is InChI=1S/C7H11NO3/c1-8-7(10)5-3-2-4-6(9)11-5/h5H,2-4H2,1H3,(H,8,10)/t5-/m0/s1. The summed E-state index contributed by atoms with van der Waals surface area (Å²) >= 11 is 0. The zero-order valence-corrected chi connectivity index (χ0v) is 6.42. The highest BCUT2D eigenvalue weighted by Crippen LogP contribution is 2.13. The van der Waals surface area contributed by atoms with Crippen molar-refractivity contribution in [2.45, 2.75) is 25.4 Å². The number of likely N-dealkylation sites (N-methyl/N-ethyl adjacent to an activating group) is 1. The fraction of sp³-hybridized carbons (Fsp3) is 0.714. The number of hydrogen-bond donors (Lipinski definition) is 1. The van der Waals surface area contributed by atoms with Gasteiger partial charge in [-0.3, -0.25) is 9.59 Å². The minimum absolute atomic E-state index is 0.210. The van der Waals surface area contributed by atoms with Gasteiger partial charge in [0.2, 0.25) is 0 Å². The summed E-state index contributed by atoms with van der Waals surface area (Å²) in [5.41, 5.74) is 0. The molecular formula is C7H11NO3. The Kier molecular flexibility index (Phi) is 2.46. The maximum absolute atomic E-state index is 10.9. The van der Waals surface area contributed by atoms with Crippen molar-refractivity contribution in [3.63, 3.8) is 0 Å². The molecule has 1 saturated heterocycles. The van der Waals surface area contributed by atoms with Gasteiger partial charge in [0.05, 0.1) is 0 Å². The number of hydrogen-bond acceptors (Lipinski definition) is 3. The number of cyclic esters (lactones) is 1. The molecule has 0 spiro atoms. The third-order valence-electron chi connectivity index (χ3n) is 1.66. The molecule has 0 aromatic rings. The SMILES string of the molecule is CNC(=O)[C@@H]1CCCC(=O)O1. The molecule has 4 nitrogen and oxygen atoms in total. The monoisotopic (exact) mass is 157 g/mol. The Morgan fingerprint density at radius 2 is 2.45 bits per heavy atom. The van der Waals surface area contributed by atoms with Crippen LogP contribution in [0.3, 0.4) is 0 Å². The first-order valence-electron chi connectivity index (χ1n) is 3.65. The van der Waals surface area contributed by atoms with E-state index in [9.17, 15) is 9.59 Å². The number of carbonyl (C=O) groups excluding carboxylic acids is 2. The van der Waals surface area contributed by atoms with E-state index in [4.69, 9.17) is 4.74 Å². The van der Waals surface area contributed by atoms with E-state index in [1.54, 1.807) is 0 Å². The normalized spacial score (nSPS) is 24.1. The summed E-state index contributed by atoms with van der Waals surface area (Å²) in [7, 11) is 1.53. The molecule has 0 bridgehead atoms. The highest BCUT2D eigenvalue weighted by atomic mass is 16.5. The van der Waals surface area contributed by atoms with Gasteiger partial charge in [0.15, 0.2) is 6.10 Å². The molecule has 62 valence electrons. The smallest absolute Gasteiger partial charge is 0.306 e. The van der Waals surface area contributed by atoms with Crippen LogP contribution in [0.15, 0.2) is 0 Å². The van der Waals surface area contributed by atoms with Crippen LogP contribution in [-0.4, -0.2) is 25.0 Å². The molecule has 1 aliphatic heterocycles. The fourth-order valence-corrected chi connectivity index (χ4v) is 1.05. The first-order valence-corrected chi connectivity index (χ1v) is 3.65. The lowest BCUT2D eigenvalue weighted by Gasteiger charge is -2.20. The maximum atomic E-state index is 10.9. The summed E-state index contributed by atoms with van der Waals surface area (Å²) in [6.07, 6.45) is 1.27. The summed E-state index contributed by atoms with van der Waals surface area (Å²) in [6.45, 7) is 0. The minimum Gasteiger partial charge on any atom is -0.452 e. The van der Waals surface area contributed by atoms with Gasteiger partial charge in [-0.25, -0.2) is 0 Å². The van der Waals surface area contributed by atoms with Crippen molar-refractivity contribution < 1.29 is 14.3 Å². The van der Waals surface area contributed by atoms with Crippen LogP contribution < -0.4 is 5.32 Å². The molecule has 11 heavy (non-hydrogen) atoms. The minimum atomic E-state index is -0.554. The van der Waals surface area contributed by atoms with Crippen LogP contribution in [0.5, 0.6) is 0 Å². The molecule has 0 unspecified atom stereocenters. The van der Waals surface area contributed by atoms with Crippen molar-refractivity contribution in [2.75, 3.05) is 7.05 Å². The Labute approximate surface area is 64.9 Å². The summed E-state index contributed by atoms with van der Waals surface area (Å²) in [5, 5.41) is 2.44. The van der Waals surface area contributed by atoms with E-state index in [0.717, 1.165) is 6.42 Å². The molecule has 0 aromatic carbocycles. The zero-order chi connectivity index (χ0) is 8.27. The second-order valence-corrected chi connectivity index (χ2v) is 2.48. The molecule has 4 heteroatoms. The van der Waals surface area contributed by atoms with Gasteiger partial charge in [0.1, 0.15) is 0 Å². The topological polar surface area (TPSA) is 55.4 Å². The summed E-state index contributed by atoms with van der Waals surface area (Å²) in [4.78, 5) is 21.6. The lowest BCUT2D eigenvalue weighted by atomic mass is 10.1. The number of amides is 1. The van der Waals surface area contributed by atoms with E-state index in [0.29, 0.717) is 12.8 Å². The number of ether oxygens (including phenoxy) is 1. The van der Waals surface area contributed by atoms with Crippen LogP contribution in [0.2, 0.25) is 0 Å². The molecule has 1 amide bonds. The third kappa shape index (κ3) is 1.93. The third-order valence-corrected chi connectivity index (χ3v) is 1.66. The van der Waals surface area contributed by atoms with E-state index in [1.165, 1.54) is 7.05 Å². The Morgan fingerprint density at radius 1 is 1.73 bits per heavy atom.